The zero-order valence-corrected chi connectivity index (χ0v) is 8.51. The molecule has 1 aromatic rings. The Labute approximate surface area is 96.7 Å². The number of hydrogen-bond acceptors (Lipinski definition) is 5. The number of anilines is 1. The van der Waals surface area contributed by atoms with Crippen molar-refractivity contribution in [2.45, 2.75) is 0 Å². The molecular formula is C11H7N3O3. The molecule has 0 bridgehead atoms. The van der Waals surface area contributed by atoms with Gasteiger partial charge in [0.2, 0.25) is 0 Å². The predicted molar refractivity (Wildman–Crippen MR) is 58.0 cm³/mol. The summed E-state index contributed by atoms with van der Waals surface area (Å²) in [5.74, 6) is -1.62. The van der Waals surface area contributed by atoms with E-state index in [4.69, 9.17) is 15.6 Å². The molecule has 17 heavy (non-hydrogen) atoms. The third-order valence-corrected chi connectivity index (χ3v) is 1.85. The van der Waals surface area contributed by atoms with Crippen molar-refractivity contribution in [3.8, 4) is 17.9 Å². The summed E-state index contributed by atoms with van der Waals surface area (Å²) >= 11 is 0. The Bertz CT molecular complexity index is 548. The fourth-order valence-corrected chi connectivity index (χ4v) is 1.04. The Balaban J connectivity index is 3.00. The van der Waals surface area contributed by atoms with Crippen molar-refractivity contribution in [1.82, 2.24) is 0 Å². The highest BCUT2D eigenvalue weighted by Gasteiger charge is 2.09. The molecule has 0 aliphatic rings. The number of nitriles is 2. The van der Waals surface area contributed by atoms with Gasteiger partial charge in [-0.3, -0.25) is 0 Å². The van der Waals surface area contributed by atoms with E-state index in [0.29, 0.717) is 5.69 Å². The summed E-state index contributed by atoms with van der Waals surface area (Å²) in [6.07, 6.45) is 1.15. The topological polar surface area (TPSA) is 117 Å². The Hall–Kier alpha value is -2.99. The smallest absolute Gasteiger partial charge is 0.339 e. The molecular weight excluding hydrogens is 222 g/mol. The summed E-state index contributed by atoms with van der Waals surface area (Å²) in [5, 5.41) is 37.5. The van der Waals surface area contributed by atoms with Crippen LogP contribution < -0.4 is 5.32 Å². The second kappa shape index (κ2) is 5.19. The highest BCUT2D eigenvalue weighted by atomic mass is 16.4. The van der Waals surface area contributed by atoms with Gasteiger partial charge in [-0.2, -0.15) is 10.5 Å². The van der Waals surface area contributed by atoms with Crippen LogP contribution in [0.2, 0.25) is 0 Å². The van der Waals surface area contributed by atoms with Crippen LogP contribution in [0.4, 0.5) is 5.69 Å². The zero-order chi connectivity index (χ0) is 12.8. The molecule has 0 aliphatic carbocycles. The standard InChI is InChI=1S/C11H7N3O3/c12-4-7(5-13)6-14-8-1-2-10(15)9(3-8)11(16)17/h1-3,6,14-15H,(H,16,17). The Kier molecular flexibility index (Phi) is 3.69. The SMILES string of the molecule is N#CC(C#N)=CNc1ccc(O)c(C(=O)O)c1. The van der Waals surface area contributed by atoms with E-state index in [1.165, 1.54) is 18.2 Å². The van der Waals surface area contributed by atoms with E-state index in [-0.39, 0.29) is 16.9 Å². The maximum absolute atomic E-state index is 10.7. The van der Waals surface area contributed by atoms with Gasteiger partial charge in [0.15, 0.2) is 0 Å². The molecule has 84 valence electrons. The highest BCUT2D eigenvalue weighted by Crippen LogP contribution is 2.21. The fraction of sp³-hybridized carbons (Fsp3) is 0. The van der Waals surface area contributed by atoms with Crippen LogP contribution in [0.1, 0.15) is 10.4 Å². The van der Waals surface area contributed by atoms with Gasteiger partial charge in [0.05, 0.1) is 0 Å². The lowest BCUT2D eigenvalue weighted by molar-refractivity contribution is 0.0694. The first-order chi connectivity index (χ1) is 8.08. The molecule has 6 heteroatoms. The van der Waals surface area contributed by atoms with Crippen LogP contribution in [0, 0.1) is 22.7 Å². The largest absolute Gasteiger partial charge is 0.507 e. The van der Waals surface area contributed by atoms with Crippen molar-refractivity contribution in [2.75, 3.05) is 5.32 Å². The third kappa shape index (κ3) is 2.98. The first kappa shape index (κ1) is 12.1. The monoisotopic (exact) mass is 229 g/mol. The maximum atomic E-state index is 10.7. The summed E-state index contributed by atoms with van der Waals surface area (Å²) in [7, 11) is 0. The molecule has 0 saturated carbocycles. The van der Waals surface area contributed by atoms with E-state index in [1.54, 1.807) is 12.1 Å². The molecule has 1 rings (SSSR count). The minimum absolute atomic E-state index is 0.144. The van der Waals surface area contributed by atoms with Crippen molar-refractivity contribution in [2.24, 2.45) is 0 Å². The summed E-state index contributed by atoms with van der Waals surface area (Å²) < 4.78 is 0. The number of benzene rings is 1. The maximum Gasteiger partial charge on any atom is 0.339 e. The molecule has 0 amide bonds. The number of nitrogens with one attached hydrogen (secondary N) is 1. The number of aromatic carboxylic acids is 1. The number of rotatable bonds is 3. The number of phenols is 1. The Morgan fingerprint density at radius 1 is 1.35 bits per heavy atom. The van der Waals surface area contributed by atoms with Gasteiger partial charge in [-0.25, -0.2) is 4.79 Å². The first-order valence-corrected chi connectivity index (χ1v) is 4.41. The zero-order valence-electron chi connectivity index (χ0n) is 8.51. The van der Waals surface area contributed by atoms with Crippen LogP contribution in [0.25, 0.3) is 0 Å². The van der Waals surface area contributed by atoms with Crippen molar-refractivity contribution in [3.05, 3.63) is 35.5 Å². The minimum atomic E-state index is -1.27. The summed E-state index contributed by atoms with van der Waals surface area (Å²) in [6, 6.07) is 7.11. The third-order valence-electron chi connectivity index (χ3n) is 1.85. The fourth-order valence-electron chi connectivity index (χ4n) is 1.04. The number of nitrogens with zero attached hydrogens (tertiary/aromatic N) is 2. The summed E-state index contributed by atoms with van der Waals surface area (Å²) in [4.78, 5) is 10.7. The molecule has 0 saturated heterocycles. The average molecular weight is 229 g/mol. The normalized spacial score (nSPS) is 8.59. The Morgan fingerprint density at radius 3 is 2.53 bits per heavy atom. The lowest BCUT2D eigenvalue weighted by Crippen LogP contribution is -1.98. The number of aromatic hydroxyl groups is 1. The lowest BCUT2D eigenvalue weighted by Gasteiger charge is -2.03. The molecule has 0 heterocycles. The molecule has 0 fully saturated rings. The van der Waals surface area contributed by atoms with Crippen molar-refractivity contribution >= 4 is 11.7 Å². The van der Waals surface area contributed by atoms with Crippen LogP contribution in [-0.4, -0.2) is 16.2 Å². The number of carboxylic acid groups (broad SMARTS) is 1. The molecule has 6 nitrogen and oxygen atoms in total. The number of hydrogen-bond donors (Lipinski definition) is 3. The quantitative estimate of drug-likeness (QED) is 0.533. The van der Waals surface area contributed by atoms with Crippen LogP contribution >= 0.6 is 0 Å². The second-order valence-corrected chi connectivity index (χ2v) is 2.96. The van der Waals surface area contributed by atoms with Crippen molar-refractivity contribution < 1.29 is 15.0 Å². The molecule has 0 aliphatic heterocycles. The molecule has 0 aromatic heterocycles. The van der Waals surface area contributed by atoms with Crippen molar-refractivity contribution in [1.29, 1.82) is 10.5 Å². The van der Waals surface area contributed by atoms with E-state index in [2.05, 4.69) is 5.32 Å². The van der Waals surface area contributed by atoms with Crippen LogP contribution in [-0.2, 0) is 0 Å². The van der Waals surface area contributed by atoms with Crippen LogP contribution in [0.15, 0.2) is 30.0 Å². The lowest BCUT2D eigenvalue weighted by atomic mass is 10.2. The summed E-state index contributed by atoms with van der Waals surface area (Å²) in [5.41, 5.74) is -0.0583. The van der Waals surface area contributed by atoms with Gasteiger partial charge in [-0.15, -0.1) is 0 Å². The van der Waals surface area contributed by atoms with E-state index in [9.17, 15) is 9.90 Å². The van der Waals surface area contributed by atoms with Gasteiger partial charge in [0.25, 0.3) is 0 Å². The molecule has 0 atom stereocenters. The van der Waals surface area contributed by atoms with Gasteiger partial charge in [-0.1, -0.05) is 0 Å². The average Bonchev–Trinajstić information content (AvgIpc) is 2.32. The molecule has 3 N–H and O–H groups in total. The van der Waals surface area contributed by atoms with Gasteiger partial charge in [0, 0.05) is 11.9 Å². The highest BCUT2D eigenvalue weighted by molar-refractivity contribution is 5.92. The van der Waals surface area contributed by atoms with Crippen molar-refractivity contribution in [3.63, 3.8) is 0 Å². The van der Waals surface area contributed by atoms with Gasteiger partial charge >= 0.3 is 5.97 Å². The van der Waals surface area contributed by atoms with E-state index < -0.39 is 5.97 Å². The van der Waals surface area contributed by atoms with E-state index in [0.717, 1.165) is 6.20 Å². The van der Waals surface area contributed by atoms with Crippen LogP contribution in [0.5, 0.6) is 5.75 Å². The van der Waals surface area contributed by atoms with Gasteiger partial charge < -0.3 is 15.5 Å². The molecule has 0 unspecified atom stereocenters. The second-order valence-electron chi connectivity index (χ2n) is 2.96. The van der Waals surface area contributed by atoms with E-state index in [1.807, 2.05) is 0 Å². The Morgan fingerprint density at radius 2 is 2.00 bits per heavy atom. The molecule has 0 spiro atoms. The van der Waals surface area contributed by atoms with Gasteiger partial charge in [-0.05, 0) is 18.2 Å². The van der Waals surface area contributed by atoms with Crippen LogP contribution in [0.3, 0.4) is 0 Å². The van der Waals surface area contributed by atoms with Gasteiger partial charge in [0.1, 0.15) is 29.0 Å². The number of carboxylic acids is 1. The van der Waals surface area contributed by atoms with E-state index >= 15 is 0 Å². The molecule has 0 radical (unpaired) electrons. The predicted octanol–water partition coefficient (Wildman–Crippen LogP) is 1.43. The molecule has 1 aromatic carbocycles. The summed E-state index contributed by atoms with van der Waals surface area (Å²) in [6.45, 7) is 0. The minimum Gasteiger partial charge on any atom is -0.507 e. The number of allylic oxidation sites excluding steroid dienone is 1. The first-order valence-electron chi connectivity index (χ1n) is 4.41. The number of carbonyl (C=O) groups is 1.